The van der Waals surface area contributed by atoms with Gasteiger partial charge in [-0.3, -0.25) is 10.1 Å². The summed E-state index contributed by atoms with van der Waals surface area (Å²) in [6, 6.07) is 12.3. The van der Waals surface area contributed by atoms with Gasteiger partial charge in [-0.15, -0.1) is 10.2 Å². The topological polar surface area (TPSA) is 104 Å². The number of hydrogen-bond donors (Lipinski definition) is 0. The molecule has 9 heteroatoms. The van der Waals surface area contributed by atoms with Gasteiger partial charge in [0, 0.05) is 18.2 Å². The van der Waals surface area contributed by atoms with Crippen LogP contribution in [0.3, 0.4) is 0 Å². The highest BCUT2D eigenvalue weighted by atomic mass is 35.5. The van der Waals surface area contributed by atoms with E-state index in [0.717, 1.165) is 24.0 Å². The van der Waals surface area contributed by atoms with Crippen molar-refractivity contribution in [3.05, 3.63) is 80.5 Å². The van der Waals surface area contributed by atoms with Crippen molar-refractivity contribution in [2.45, 2.75) is 25.7 Å². The number of rotatable bonds is 6. The molecule has 0 radical (unpaired) electrons. The van der Waals surface area contributed by atoms with Crippen molar-refractivity contribution in [2.24, 2.45) is 0 Å². The number of aromatic nitrogens is 2. The van der Waals surface area contributed by atoms with Crippen LogP contribution >= 0.6 is 11.6 Å². The van der Waals surface area contributed by atoms with Crippen LogP contribution in [0.4, 0.5) is 5.69 Å². The van der Waals surface area contributed by atoms with Crippen LogP contribution in [0, 0.1) is 17.0 Å². The second-order valence-electron chi connectivity index (χ2n) is 6.90. The number of aryl methyl sites for hydroxylation is 1. The molecule has 8 nitrogen and oxygen atoms in total. The maximum absolute atomic E-state index is 12.5. The number of nitro groups is 1. The smallest absolute Gasteiger partial charge is 0.343 e. The van der Waals surface area contributed by atoms with Crippen molar-refractivity contribution >= 4 is 23.3 Å². The molecule has 0 spiro atoms. The normalized spacial score (nSPS) is 13.0. The van der Waals surface area contributed by atoms with Gasteiger partial charge in [0.15, 0.2) is 10.9 Å². The van der Waals surface area contributed by atoms with Crippen LogP contribution in [0.1, 0.15) is 40.2 Å². The molecule has 0 aliphatic heterocycles. The number of benzene rings is 2. The monoisotopic (exact) mass is 425 g/mol. The number of nitrogens with zero attached hydrogens (tertiary/aromatic N) is 3. The Morgan fingerprint density at radius 1 is 1.17 bits per heavy atom. The predicted molar refractivity (Wildman–Crippen MR) is 108 cm³/mol. The summed E-state index contributed by atoms with van der Waals surface area (Å²) < 4.78 is 11.4. The third-order valence-corrected chi connectivity index (χ3v) is 4.86. The summed E-state index contributed by atoms with van der Waals surface area (Å²) in [7, 11) is 0. The Hall–Kier alpha value is -3.52. The summed E-state index contributed by atoms with van der Waals surface area (Å²) in [4.78, 5) is 22.8. The van der Waals surface area contributed by atoms with Crippen molar-refractivity contribution in [3.8, 4) is 17.4 Å². The minimum absolute atomic E-state index is 0.00310. The molecule has 1 aliphatic carbocycles. The van der Waals surface area contributed by atoms with Crippen LogP contribution in [0.5, 0.6) is 17.4 Å². The zero-order valence-corrected chi connectivity index (χ0v) is 16.6. The quantitative estimate of drug-likeness (QED) is 0.302. The molecule has 1 saturated carbocycles. The maximum Gasteiger partial charge on any atom is 0.343 e. The van der Waals surface area contributed by atoms with E-state index in [1.54, 1.807) is 0 Å². The van der Waals surface area contributed by atoms with E-state index in [-0.39, 0.29) is 28.0 Å². The van der Waals surface area contributed by atoms with Gasteiger partial charge in [0.1, 0.15) is 5.75 Å². The summed E-state index contributed by atoms with van der Waals surface area (Å²) in [5, 5.41) is 18.5. The van der Waals surface area contributed by atoms with Crippen molar-refractivity contribution < 1.29 is 19.2 Å². The van der Waals surface area contributed by atoms with E-state index in [9.17, 15) is 14.9 Å². The zero-order valence-electron chi connectivity index (χ0n) is 15.9. The van der Waals surface area contributed by atoms with Gasteiger partial charge in [-0.05, 0) is 48.9 Å². The second kappa shape index (κ2) is 8.08. The van der Waals surface area contributed by atoms with E-state index >= 15 is 0 Å². The molecular formula is C21H16ClN3O5. The molecule has 1 heterocycles. The summed E-state index contributed by atoms with van der Waals surface area (Å²) in [5.74, 6) is 0.371. The van der Waals surface area contributed by atoms with E-state index in [1.165, 1.54) is 30.3 Å². The van der Waals surface area contributed by atoms with Crippen LogP contribution in [0.2, 0.25) is 5.15 Å². The fourth-order valence-electron chi connectivity index (χ4n) is 2.99. The molecule has 0 saturated heterocycles. The highest BCUT2D eigenvalue weighted by Crippen LogP contribution is 2.46. The standard InChI is InChI=1S/C21H16ClN3O5/c1-12-3-2-4-16(13-5-6-13)19(12)30-20-17(11-18(22)23-24-20)29-21(26)14-7-9-15(10-8-14)25(27)28/h2-4,7-11,13H,5-6H2,1H3. The lowest BCUT2D eigenvalue weighted by molar-refractivity contribution is -0.384. The third-order valence-electron chi connectivity index (χ3n) is 4.67. The largest absolute Gasteiger partial charge is 0.434 e. The Bertz CT molecular complexity index is 1130. The third kappa shape index (κ3) is 4.23. The van der Waals surface area contributed by atoms with Gasteiger partial charge in [-0.1, -0.05) is 29.8 Å². The number of esters is 1. The molecule has 30 heavy (non-hydrogen) atoms. The van der Waals surface area contributed by atoms with Crippen LogP contribution in [-0.4, -0.2) is 21.1 Å². The maximum atomic E-state index is 12.5. The number of para-hydroxylation sites is 1. The minimum atomic E-state index is -0.731. The number of hydrogen-bond acceptors (Lipinski definition) is 7. The van der Waals surface area contributed by atoms with E-state index in [4.69, 9.17) is 21.1 Å². The van der Waals surface area contributed by atoms with E-state index in [1.807, 2.05) is 25.1 Å². The van der Waals surface area contributed by atoms with Crippen LogP contribution in [0.15, 0.2) is 48.5 Å². The van der Waals surface area contributed by atoms with Gasteiger partial charge < -0.3 is 9.47 Å². The van der Waals surface area contributed by atoms with Gasteiger partial charge in [-0.2, -0.15) is 0 Å². The molecular weight excluding hydrogens is 410 g/mol. The lowest BCUT2D eigenvalue weighted by atomic mass is 10.1. The second-order valence-corrected chi connectivity index (χ2v) is 7.29. The number of nitro benzene ring substituents is 1. The van der Waals surface area contributed by atoms with E-state index in [0.29, 0.717) is 11.7 Å². The SMILES string of the molecule is Cc1cccc(C2CC2)c1Oc1nnc(Cl)cc1OC(=O)c1ccc([N+](=O)[O-])cc1. The average molecular weight is 426 g/mol. The average Bonchev–Trinajstić information content (AvgIpc) is 3.56. The van der Waals surface area contributed by atoms with E-state index in [2.05, 4.69) is 10.2 Å². The molecule has 1 aliphatic rings. The Morgan fingerprint density at radius 2 is 1.90 bits per heavy atom. The van der Waals surface area contributed by atoms with Crippen molar-refractivity contribution in [1.82, 2.24) is 10.2 Å². The lowest BCUT2D eigenvalue weighted by Gasteiger charge is -2.14. The molecule has 2 aromatic carbocycles. The molecule has 1 aromatic heterocycles. The first-order chi connectivity index (χ1) is 14.4. The summed E-state index contributed by atoms with van der Waals surface area (Å²) in [6.07, 6.45) is 2.18. The van der Waals surface area contributed by atoms with Crippen LogP contribution < -0.4 is 9.47 Å². The molecule has 0 N–H and O–H groups in total. The molecule has 3 aromatic rings. The minimum Gasteiger partial charge on any atom is -0.434 e. The van der Waals surface area contributed by atoms with Gasteiger partial charge in [0.25, 0.3) is 11.6 Å². The number of carbonyl (C=O) groups excluding carboxylic acids is 1. The first-order valence-electron chi connectivity index (χ1n) is 9.19. The van der Waals surface area contributed by atoms with Crippen molar-refractivity contribution in [1.29, 1.82) is 0 Å². The van der Waals surface area contributed by atoms with Gasteiger partial charge in [0.2, 0.25) is 0 Å². The first-order valence-corrected chi connectivity index (χ1v) is 9.57. The van der Waals surface area contributed by atoms with Gasteiger partial charge >= 0.3 is 5.97 Å². The summed E-state index contributed by atoms with van der Waals surface area (Å²) in [5.41, 5.74) is 1.99. The fraction of sp³-hybridized carbons (Fsp3) is 0.190. The Morgan fingerprint density at radius 3 is 2.57 bits per heavy atom. The number of ether oxygens (including phenoxy) is 2. The summed E-state index contributed by atoms with van der Waals surface area (Å²) in [6.45, 7) is 1.92. The Kier molecular flexibility index (Phi) is 5.33. The van der Waals surface area contributed by atoms with E-state index < -0.39 is 10.9 Å². The predicted octanol–water partition coefficient (Wildman–Crippen LogP) is 5.24. The Labute approximate surface area is 176 Å². The Balaban J connectivity index is 1.61. The van der Waals surface area contributed by atoms with Crippen LogP contribution in [-0.2, 0) is 0 Å². The molecule has 0 unspecified atom stereocenters. The lowest BCUT2D eigenvalue weighted by Crippen LogP contribution is -2.10. The number of carbonyl (C=O) groups is 1. The molecule has 0 bridgehead atoms. The highest BCUT2D eigenvalue weighted by molar-refractivity contribution is 6.29. The van der Waals surface area contributed by atoms with Crippen LogP contribution in [0.25, 0.3) is 0 Å². The van der Waals surface area contributed by atoms with Gasteiger partial charge in [-0.25, -0.2) is 4.79 Å². The first kappa shape index (κ1) is 19.8. The van der Waals surface area contributed by atoms with Crippen molar-refractivity contribution in [2.75, 3.05) is 0 Å². The fourth-order valence-corrected chi connectivity index (χ4v) is 3.13. The number of non-ortho nitro benzene ring substituents is 1. The van der Waals surface area contributed by atoms with Gasteiger partial charge in [0.05, 0.1) is 10.5 Å². The molecule has 4 rings (SSSR count). The highest BCUT2D eigenvalue weighted by Gasteiger charge is 2.28. The molecule has 152 valence electrons. The zero-order chi connectivity index (χ0) is 21.3. The van der Waals surface area contributed by atoms with Crippen molar-refractivity contribution in [3.63, 3.8) is 0 Å². The molecule has 0 atom stereocenters. The molecule has 0 amide bonds. The molecule has 1 fully saturated rings. The summed E-state index contributed by atoms with van der Waals surface area (Å²) >= 11 is 5.93. The number of halogens is 1.